The summed E-state index contributed by atoms with van der Waals surface area (Å²) in [4.78, 5) is 36.8. The Labute approximate surface area is 231 Å². The number of hydrogen-bond donors (Lipinski definition) is 1. The molecule has 1 aromatic carbocycles. The van der Waals surface area contributed by atoms with Gasteiger partial charge in [0.15, 0.2) is 10.9 Å². The molecular weight excluding hydrogens is 510 g/mol. The van der Waals surface area contributed by atoms with Crippen LogP contribution in [-0.2, 0) is 9.59 Å². The van der Waals surface area contributed by atoms with E-state index in [0.717, 1.165) is 53.9 Å². The summed E-state index contributed by atoms with van der Waals surface area (Å²) in [5, 5.41) is 16.5. The van der Waals surface area contributed by atoms with Gasteiger partial charge in [0.1, 0.15) is 0 Å². The third kappa shape index (κ3) is 5.63. The molecule has 0 bridgehead atoms. The first-order valence-corrected chi connectivity index (χ1v) is 14.5. The number of carboxylic acid groups (broad SMARTS) is 1. The van der Waals surface area contributed by atoms with E-state index in [4.69, 9.17) is 4.98 Å². The zero-order valence-corrected chi connectivity index (χ0v) is 22.5. The molecule has 8 nitrogen and oxygen atoms in total. The summed E-state index contributed by atoms with van der Waals surface area (Å²) in [7, 11) is 0. The van der Waals surface area contributed by atoms with E-state index in [1.807, 2.05) is 60.2 Å². The Morgan fingerprint density at radius 1 is 1.05 bits per heavy atom. The molecular formula is C30H31N5O3S. The molecule has 2 fully saturated rings. The van der Waals surface area contributed by atoms with E-state index in [0.29, 0.717) is 17.5 Å². The summed E-state index contributed by atoms with van der Waals surface area (Å²) in [5.41, 5.74) is 3.73. The van der Waals surface area contributed by atoms with Crippen LogP contribution in [-0.4, -0.2) is 42.8 Å². The van der Waals surface area contributed by atoms with E-state index < -0.39 is 11.9 Å². The Morgan fingerprint density at radius 3 is 2.51 bits per heavy atom. The fraction of sp³-hybridized carbons (Fsp3) is 0.367. The van der Waals surface area contributed by atoms with Crippen LogP contribution in [0.3, 0.4) is 0 Å². The molecule has 1 unspecified atom stereocenters. The predicted octanol–water partition coefficient (Wildman–Crippen LogP) is 6.22. The number of carbonyl (C=O) groups excluding carboxylic acids is 1. The van der Waals surface area contributed by atoms with Crippen LogP contribution in [0.25, 0.3) is 28.2 Å². The first kappa shape index (κ1) is 25.4. The van der Waals surface area contributed by atoms with Gasteiger partial charge in [-0.2, -0.15) is 5.10 Å². The molecule has 39 heavy (non-hydrogen) atoms. The zero-order valence-electron chi connectivity index (χ0n) is 21.6. The molecule has 1 amide bonds. The highest BCUT2D eigenvalue weighted by Crippen LogP contribution is 2.40. The molecule has 200 valence electrons. The number of aromatic nitrogens is 4. The van der Waals surface area contributed by atoms with Crippen molar-refractivity contribution < 1.29 is 14.7 Å². The second-order valence-corrected chi connectivity index (χ2v) is 11.4. The molecule has 3 heterocycles. The second kappa shape index (κ2) is 11.1. The topological polar surface area (TPSA) is 101 Å². The van der Waals surface area contributed by atoms with Crippen LogP contribution in [0.4, 0.5) is 5.13 Å². The zero-order chi connectivity index (χ0) is 26.8. The number of carboxylic acids is 1. The summed E-state index contributed by atoms with van der Waals surface area (Å²) in [5.74, 6) is -0.330. The van der Waals surface area contributed by atoms with Crippen LogP contribution in [0.1, 0.15) is 51.4 Å². The molecule has 0 saturated heterocycles. The van der Waals surface area contributed by atoms with Crippen molar-refractivity contribution in [3.05, 3.63) is 66.4 Å². The number of pyridine rings is 1. The molecule has 0 aliphatic heterocycles. The van der Waals surface area contributed by atoms with E-state index in [1.165, 1.54) is 24.2 Å². The van der Waals surface area contributed by atoms with E-state index >= 15 is 0 Å². The minimum Gasteiger partial charge on any atom is -0.481 e. The Bertz CT molecular complexity index is 1440. The number of carbonyl (C=O) groups is 2. The average Bonchev–Trinajstić information content (AvgIpc) is 3.36. The first-order valence-electron chi connectivity index (χ1n) is 13.6. The lowest BCUT2D eigenvalue weighted by atomic mass is 9.90. The minimum absolute atomic E-state index is 0.0839. The largest absolute Gasteiger partial charge is 0.481 e. The molecule has 1 atom stereocenters. The number of amides is 1. The number of anilines is 1. The predicted molar refractivity (Wildman–Crippen MR) is 151 cm³/mol. The second-order valence-electron chi connectivity index (χ2n) is 10.5. The van der Waals surface area contributed by atoms with Crippen LogP contribution in [0.5, 0.6) is 0 Å². The molecule has 2 aliphatic rings. The Balaban J connectivity index is 1.27. The molecule has 2 saturated carbocycles. The third-order valence-corrected chi connectivity index (χ3v) is 8.55. The van der Waals surface area contributed by atoms with E-state index in [1.54, 1.807) is 15.8 Å². The number of benzene rings is 1. The smallest absolute Gasteiger partial charge is 0.304 e. The molecule has 2 aliphatic carbocycles. The molecule has 1 N–H and O–H groups in total. The van der Waals surface area contributed by atoms with Crippen LogP contribution in [0.2, 0.25) is 0 Å². The number of thiazole rings is 1. The Hall–Kier alpha value is -3.85. The van der Waals surface area contributed by atoms with E-state index in [9.17, 15) is 14.7 Å². The molecule has 0 spiro atoms. The maximum absolute atomic E-state index is 13.8. The summed E-state index contributed by atoms with van der Waals surface area (Å²) in [6.45, 7) is 0. The summed E-state index contributed by atoms with van der Waals surface area (Å²) in [6, 6.07) is 14.0. The molecule has 4 aromatic rings. The highest BCUT2D eigenvalue weighted by Gasteiger charge is 2.40. The van der Waals surface area contributed by atoms with Gasteiger partial charge in [-0.15, -0.1) is 11.3 Å². The third-order valence-electron chi connectivity index (χ3n) is 7.71. The monoisotopic (exact) mass is 541 g/mol. The normalized spacial score (nSPS) is 16.3. The van der Waals surface area contributed by atoms with Crippen LogP contribution in [0, 0.1) is 11.8 Å². The van der Waals surface area contributed by atoms with Crippen molar-refractivity contribution in [2.75, 3.05) is 4.90 Å². The van der Waals surface area contributed by atoms with Crippen LogP contribution < -0.4 is 4.90 Å². The van der Waals surface area contributed by atoms with Crippen molar-refractivity contribution in [2.24, 2.45) is 11.8 Å². The maximum atomic E-state index is 13.8. The standard InChI is InChI=1S/C30H31N5O3S/c36-28(37)17-22(16-20-6-1-2-7-20)29(38)35(23-11-12-23)30-33-26(19-39-30)25-9-4-3-8-24(25)21-10-13-27(31-18-21)34-15-5-14-32-34/h3-5,8-10,13-15,18-20,22-23H,1-2,6-7,11-12,16-17H2,(H,36,37). The van der Waals surface area contributed by atoms with Gasteiger partial charge in [0.05, 0.1) is 12.1 Å². The summed E-state index contributed by atoms with van der Waals surface area (Å²) in [6.07, 6.45) is 12.3. The van der Waals surface area contributed by atoms with Gasteiger partial charge in [0, 0.05) is 47.1 Å². The summed E-state index contributed by atoms with van der Waals surface area (Å²) < 4.78 is 1.72. The highest BCUT2D eigenvalue weighted by molar-refractivity contribution is 7.14. The van der Waals surface area contributed by atoms with Gasteiger partial charge < -0.3 is 5.11 Å². The van der Waals surface area contributed by atoms with Crippen molar-refractivity contribution in [3.8, 4) is 28.2 Å². The molecule has 0 radical (unpaired) electrons. The lowest BCUT2D eigenvalue weighted by Crippen LogP contribution is -2.39. The van der Waals surface area contributed by atoms with Gasteiger partial charge >= 0.3 is 5.97 Å². The van der Waals surface area contributed by atoms with Crippen molar-refractivity contribution in [1.82, 2.24) is 19.7 Å². The number of aliphatic carboxylic acids is 1. The van der Waals surface area contributed by atoms with Gasteiger partial charge in [0.25, 0.3) is 0 Å². The molecule has 3 aromatic heterocycles. The molecule has 9 heteroatoms. The van der Waals surface area contributed by atoms with Gasteiger partial charge in [-0.3, -0.25) is 14.5 Å². The average molecular weight is 542 g/mol. The molecule has 6 rings (SSSR count). The Kier molecular flexibility index (Phi) is 7.24. The Morgan fingerprint density at radius 2 is 1.85 bits per heavy atom. The lowest BCUT2D eigenvalue weighted by Gasteiger charge is -2.26. The maximum Gasteiger partial charge on any atom is 0.304 e. The van der Waals surface area contributed by atoms with Crippen LogP contribution in [0.15, 0.2) is 66.4 Å². The fourth-order valence-electron chi connectivity index (χ4n) is 5.63. The summed E-state index contributed by atoms with van der Waals surface area (Å²) >= 11 is 1.45. The van der Waals surface area contributed by atoms with Gasteiger partial charge in [-0.25, -0.2) is 14.6 Å². The number of hydrogen-bond acceptors (Lipinski definition) is 6. The van der Waals surface area contributed by atoms with Crippen molar-refractivity contribution in [2.45, 2.75) is 57.4 Å². The van der Waals surface area contributed by atoms with Crippen molar-refractivity contribution >= 4 is 28.3 Å². The quantitative estimate of drug-likeness (QED) is 0.256. The fourth-order valence-corrected chi connectivity index (χ4v) is 6.53. The van der Waals surface area contributed by atoms with Crippen molar-refractivity contribution in [3.63, 3.8) is 0 Å². The number of nitrogens with zero attached hydrogens (tertiary/aromatic N) is 5. The highest BCUT2D eigenvalue weighted by atomic mass is 32.1. The number of rotatable bonds is 10. The van der Waals surface area contributed by atoms with Crippen molar-refractivity contribution in [1.29, 1.82) is 0 Å². The van der Waals surface area contributed by atoms with Crippen LogP contribution >= 0.6 is 11.3 Å². The van der Waals surface area contributed by atoms with Gasteiger partial charge in [0.2, 0.25) is 5.91 Å². The minimum atomic E-state index is -0.914. The lowest BCUT2D eigenvalue weighted by molar-refractivity contribution is -0.141. The first-order chi connectivity index (χ1) is 19.1. The van der Waals surface area contributed by atoms with E-state index in [2.05, 4.69) is 10.1 Å². The SMILES string of the molecule is O=C(O)CC(CC1CCCC1)C(=O)N(c1nc(-c2ccccc2-c2ccc(-n3cccn3)nc2)cs1)C1CC1. The van der Waals surface area contributed by atoms with Gasteiger partial charge in [-0.05, 0) is 48.9 Å². The van der Waals surface area contributed by atoms with E-state index in [-0.39, 0.29) is 18.4 Å². The van der Waals surface area contributed by atoms with Gasteiger partial charge in [-0.1, -0.05) is 49.9 Å².